The molecule has 0 radical (unpaired) electrons. The van der Waals surface area contributed by atoms with E-state index in [-0.39, 0.29) is 0 Å². The minimum absolute atomic E-state index is 0.328. The number of aliphatic carboxylic acids is 1. The quantitative estimate of drug-likeness (QED) is 0.722. The Labute approximate surface area is 165 Å². The van der Waals surface area contributed by atoms with Gasteiger partial charge in [-0.05, 0) is 62.5 Å². The summed E-state index contributed by atoms with van der Waals surface area (Å²) in [6.45, 7) is 5.18. The molecule has 0 atom stereocenters. The molecule has 2 aromatic rings. The van der Waals surface area contributed by atoms with Crippen LogP contribution in [0.1, 0.15) is 56.8 Å². The van der Waals surface area contributed by atoms with E-state index in [0.717, 1.165) is 42.4 Å². The number of hydrogen-bond acceptors (Lipinski definition) is 3. The normalized spacial score (nSPS) is 17.2. The van der Waals surface area contributed by atoms with Crippen LogP contribution in [0.2, 0.25) is 0 Å². The number of carbonyl (C=O) groups is 2. The monoisotopic (exact) mass is 381 g/mol. The molecular formula is C23H27NO4. The summed E-state index contributed by atoms with van der Waals surface area (Å²) in [5.41, 5.74) is 0.190. The van der Waals surface area contributed by atoms with Gasteiger partial charge in [0, 0.05) is 5.39 Å². The van der Waals surface area contributed by atoms with Crippen molar-refractivity contribution in [2.75, 3.05) is 0 Å². The Morgan fingerprint density at radius 1 is 1.14 bits per heavy atom. The van der Waals surface area contributed by atoms with Crippen LogP contribution < -0.4 is 10.1 Å². The smallest absolute Gasteiger partial charge is 0.328 e. The third-order valence-electron chi connectivity index (χ3n) is 5.34. The fraction of sp³-hybridized carbons (Fsp3) is 0.391. The van der Waals surface area contributed by atoms with Crippen molar-refractivity contribution in [2.24, 2.45) is 5.92 Å². The van der Waals surface area contributed by atoms with E-state index in [1.54, 1.807) is 12.3 Å². The highest BCUT2D eigenvalue weighted by Crippen LogP contribution is 2.33. The first kappa shape index (κ1) is 19.9. The molecule has 3 rings (SSSR count). The molecular weight excluding hydrogens is 354 g/mol. The summed E-state index contributed by atoms with van der Waals surface area (Å²) in [5.74, 6) is -0.372. The summed E-state index contributed by atoms with van der Waals surface area (Å²) >= 11 is 0. The van der Waals surface area contributed by atoms with Gasteiger partial charge in [-0.1, -0.05) is 37.3 Å². The van der Waals surface area contributed by atoms with Crippen molar-refractivity contribution in [1.29, 1.82) is 0 Å². The highest BCUT2D eigenvalue weighted by Gasteiger charge is 2.30. The van der Waals surface area contributed by atoms with Crippen LogP contribution in [0, 0.1) is 5.92 Å². The van der Waals surface area contributed by atoms with Crippen molar-refractivity contribution in [1.82, 2.24) is 5.32 Å². The van der Waals surface area contributed by atoms with E-state index in [4.69, 9.17) is 4.74 Å². The zero-order valence-corrected chi connectivity index (χ0v) is 16.6. The van der Waals surface area contributed by atoms with Gasteiger partial charge in [-0.2, -0.15) is 0 Å². The largest absolute Gasteiger partial charge is 0.480 e. The summed E-state index contributed by atoms with van der Waals surface area (Å²) in [4.78, 5) is 24.2. The van der Waals surface area contributed by atoms with E-state index in [1.807, 2.05) is 30.3 Å². The first-order valence-corrected chi connectivity index (χ1v) is 9.70. The maximum Gasteiger partial charge on any atom is 0.328 e. The number of fused-ring (bicyclic) bond motifs is 1. The molecule has 0 unspecified atom stereocenters. The van der Waals surface area contributed by atoms with E-state index >= 15 is 0 Å². The van der Waals surface area contributed by atoms with Crippen LogP contribution in [0.15, 0.2) is 48.2 Å². The number of carboxylic acids is 1. The van der Waals surface area contributed by atoms with Crippen LogP contribution in [-0.4, -0.2) is 22.5 Å². The molecule has 0 spiro atoms. The Hall–Kier alpha value is -2.82. The highest BCUT2D eigenvalue weighted by molar-refractivity contribution is 6.05. The van der Waals surface area contributed by atoms with Crippen molar-refractivity contribution in [2.45, 2.75) is 52.0 Å². The molecule has 0 aliphatic heterocycles. The zero-order valence-electron chi connectivity index (χ0n) is 16.6. The lowest BCUT2D eigenvalue weighted by Gasteiger charge is -2.22. The fourth-order valence-electron chi connectivity index (χ4n) is 3.35. The molecule has 0 heterocycles. The Kier molecular flexibility index (Phi) is 5.73. The van der Waals surface area contributed by atoms with Crippen LogP contribution in [0.3, 0.4) is 0 Å². The molecule has 0 saturated heterocycles. The molecule has 148 valence electrons. The molecule has 1 fully saturated rings. The summed E-state index contributed by atoms with van der Waals surface area (Å²) < 4.78 is 6.05. The highest BCUT2D eigenvalue weighted by atomic mass is 16.5. The molecule has 0 aromatic heterocycles. The predicted molar refractivity (Wildman–Crippen MR) is 109 cm³/mol. The van der Waals surface area contributed by atoms with E-state index < -0.39 is 17.4 Å². The minimum Gasteiger partial charge on any atom is -0.480 e. The van der Waals surface area contributed by atoms with Crippen molar-refractivity contribution < 1.29 is 19.4 Å². The third kappa shape index (κ3) is 4.35. The molecule has 0 bridgehead atoms. The Morgan fingerprint density at radius 3 is 2.50 bits per heavy atom. The first-order chi connectivity index (χ1) is 13.3. The van der Waals surface area contributed by atoms with Crippen molar-refractivity contribution in [3.8, 4) is 5.75 Å². The van der Waals surface area contributed by atoms with Crippen LogP contribution in [0.25, 0.3) is 10.8 Å². The average molecular weight is 381 g/mol. The van der Waals surface area contributed by atoms with Crippen LogP contribution >= 0.6 is 0 Å². The van der Waals surface area contributed by atoms with Gasteiger partial charge in [0.15, 0.2) is 0 Å². The summed E-state index contributed by atoms with van der Waals surface area (Å²) in [6, 6.07) is 11.2. The number of carboxylic acid groups (broad SMARTS) is 1. The molecule has 1 saturated carbocycles. The molecule has 1 aliphatic carbocycles. The molecule has 2 aromatic carbocycles. The summed E-state index contributed by atoms with van der Waals surface area (Å²) in [5, 5.41) is 13.7. The number of nitrogens with one attached hydrogen (secondary N) is 1. The van der Waals surface area contributed by atoms with Crippen molar-refractivity contribution in [3.05, 3.63) is 53.8 Å². The lowest BCUT2D eigenvalue weighted by atomic mass is 9.88. The topological polar surface area (TPSA) is 75.6 Å². The molecule has 1 amide bonds. The number of benzene rings is 2. The SMILES string of the molecule is CC1CCC(=COc2c(C(=O)NC(C)(C)C(=O)O)ccc3ccccc23)CC1. The van der Waals surface area contributed by atoms with Crippen LogP contribution in [-0.2, 0) is 4.79 Å². The molecule has 28 heavy (non-hydrogen) atoms. The fourth-order valence-corrected chi connectivity index (χ4v) is 3.35. The van der Waals surface area contributed by atoms with Gasteiger partial charge in [-0.25, -0.2) is 4.79 Å². The maximum absolute atomic E-state index is 12.8. The second-order valence-corrected chi connectivity index (χ2v) is 8.12. The first-order valence-electron chi connectivity index (χ1n) is 9.70. The number of allylic oxidation sites excluding steroid dienone is 1. The molecule has 5 heteroatoms. The lowest BCUT2D eigenvalue weighted by molar-refractivity contribution is -0.143. The van der Waals surface area contributed by atoms with E-state index in [0.29, 0.717) is 11.3 Å². The maximum atomic E-state index is 12.8. The predicted octanol–water partition coefficient (Wildman–Crippen LogP) is 4.91. The lowest BCUT2D eigenvalue weighted by Crippen LogP contribution is -2.49. The van der Waals surface area contributed by atoms with Crippen LogP contribution in [0.5, 0.6) is 5.75 Å². The van der Waals surface area contributed by atoms with Crippen LogP contribution in [0.4, 0.5) is 0 Å². The average Bonchev–Trinajstić information content (AvgIpc) is 2.66. The van der Waals surface area contributed by atoms with Gasteiger partial charge >= 0.3 is 5.97 Å². The van der Waals surface area contributed by atoms with E-state index in [9.17, 15) is 14.7 Å². The molecule has 1 aliphatic rings. The van der Waals surface area contributed by atoms with Gasteiger partial charge < -0.3 is 15.2 Å². The third-order valence-corrected chi connectivity index (χ3v) is 5.34. The van der Waals surface area contributed by atoms with Gasteiger partial charge in [0.2, 0.25) is 0 Å². The Morgan fingerprint density at radius 2 is 1.82 bits per heavy atom. The second kappa shape index (κ2) is 8.05. The minimum atomic E-state index is -1.38. The summed E-state index contributed by atoms with van der Waals surface area (Å²) in [7, 11) is 0. The van der Waals surface area contributed by atoms with Gasteiger partial charge in [0.05, 0.1) is 11.8 Å². The van der Waals surface area contributed by atoms with Crippen molar-refractivity contribution in [3.63, 3.8) is 0 Å². The standard InChI is InChI=1S/C23H27NO4/c1-15-8-10-16(11-9-15)14-28-20-18-7-5-4-6-17(18)12-13-19(20)21(25)24-23(2,3)22(26)27/h4-7,12-15H,8-11H2,1-3H3,(H,24,25)(H,26,27). The Bertz CT molecular complexity index is 919. The van der Waals surface area contributed by atoms with E-state index in [2.05, 4.69) is 12.2 Å². The van der Waals surface area contributed by atoms with Gasteiger partial charge in [-0.15, -0.1) is 0 Å². The number of carbonyl (C=O) groups excluding carboxylic acids is 1. The Balaban J connectivity index is 1.96. The van der Waals surface area contributed by atoms with Gasteiger partial charge in [-0.3, -0.25) is 4.79 Å². The number of hydrogen-bond donors (Lipinski definition) is 2. The zero-order chi connectivity index (χ0) is 20.3. The van der Waals surface area contributed by atoms with Crippen molar-refractivity contribution >= 4 is 22.6 Å². The van der Waals surface area contributed by atoms with E-state index in [1.165, 1.54) is 19.4 Å². The van der Waals surface area contributed by atoms with Gasteiger partial charge in [0.1, 0.15) is 11.3 Å². The number of ether oxygens (including phenoxy) is 1. The summed E-state index contributed by atoms with van der Waals surface area (Å²) in [6.07, 6.45) is 6.06. The second-order valence-electron chi connectivity index (χ2n) is 8.12. The number of rotatable bonds is 5. The molecule has 2 N–H and O–H groups in total. The van der Waals surface area contributed by atoms with Gasteiger partial charge in [0.25, 0.3) is 5.91 Å². The number of amides is 1. The molecule has 5 nitrogen and oxygen atoms in total.